The van der Waals surface area contributed by atoms with Crippen LogP contribution in [-0.2, 0) is 6.42 Å². The number of ether oxygens (including phenoxy) is 1. The zero-order valence-corrected chi connectivity index (χ0v) is 11.0. The van der Waals surface area contributed by atoms with Crippen LogP contribution in [0.25, 0.3) is 0 Å². The quantitative estimate of drug-likeness (QED) is 0.873. The van der Waals surface area contributed by atoms with Crippen molar-refractivity contribution in [1.82, 2.24) is 5.32 Å². The van der Waals surface area contributed by atoms with Crippen LogP contribution >= 0.6 is 11.8 Å². The lowest BCUT2D eigenvalue weighted by Crippen LogP contribution is -2.35. The Kier molecular flexibility index (Phi) is 3.77. The summed E-state index contributed by atoms with van der Waals surface area (Å²) in [5.41, 5.74) is 2.65. The molecule has 0 aromatic heterocycles. The van der Waals surface area contributed by atoms with Crippen LogP contribution in [0.15, 0.2) is 17.0 Å². The monoisotopic (exact) mass is 237 g/mol. The van der Waals surface area contributed by atoms with Crippen LogP contribution in [0.2, 0.25) is 0 Å². The highest BCUT2D eigenvalue weighted by Crippen LogP contribution is 2.36. The van der Waals surface area contributed by atoms with Crippen molar-refractivity contribution in [2.75, 3.05) is 19.4 Å². The van der Waals surface area contributed by atoms with Gasteiger partial charge in [-0.3, -0.25) is 0 Å². The largest absolute Gasteiger partial charge is 0.496 e. The Morgan fingerprint density at radius 1 is 1.50 bits per heavy atom. The maximum absolute atomic E-state index is 5.48. The molecule has 0 amide bonds. The van der Waals surface area contributed by atoms with Crippen molar-refractivity contribution >= 4 is 11.8 Å². The van der Waals surface area contributed by atoms with Gasteiger partial charge < -0.3 is 10.1 Å². The average molecular weight is 237 g/mol. The Morgan fingerprint density at radius 3 is 3.00 bits per heavy atom. The molecule has 1 heterocycles. The summed E-state index contributed by atoms with van der Waals surface area (Å²) in [5.74, 6) is 2.21. The predicted octanol–water partition coefficient (Wildman–Crippen LogP) is 2.63. The molecule has 2 rings (SSSR count). The molecule has 0 saturated heterocycles. The third-order valence-electron chi connectivity index (χ3n) is 2.92. The predicted molar refractivity (Wildman–Crippen MR) is 69.6 cm³/mol. The van der Waals surface area contributed by atoms with Gasteiger partial charge in [-0.1, -0.05) is 6.92 Å². The van der Waals surface area contributed by atoms with Crippen LogP contribution in [0, 0.1) is 6.92 Å². The second-order valence-corrected chi connectivity index (χ2v) is 5.28. The van der Waals surface area contributed by atoms with Crippen LogP contribution in [-0.4, -0.2) is 25.4 Å². The van der Waals surface area contributed by atoms with E-state index in [-0.39, 0.29) is 0 Å². The Hall–Kier alpha value is -0.670. The van der Waals surface area contributed by atoms with Crippen molar-refractivity contribution in [3.8, 4) is 5.75 Å². The van der Waals surface area contributed by atoms with Gasteiger partial charge in [-0.05, 0) is 37.6 Å². The Labute approximate surface area is 102 Å². The van der Waals surface area contributed by atoms with E-state index < -0.39 is 0 Å². The van der Waals surface area contributed by atoms with Crippen LogP contribution in [0.5, 0.6) is 5.75 Å². The maximum atomic E-state index is 5.48. The van der Waals surface area contributed by atoms with Crippen molar-refractivity contribution < 1.29 is 4.74 Å². The molecule has 1 aromatic rings. The molecule has 1 atom stereocenters. The number of likely N-dealkylation sites (N-methyl/N-ethyl adjacent to an activating group) is 1. The Bertz CT molecular complexity index is 361. The molecule has 3 heteroatoms. The summed E-state index contributed by atoms with van der Waals surface area (Å²) in [5, 5.41) is 3.51. The number of fused-ring (bicyclic) bond motifs is 1. The topological polar surface area (TPSA) is 21.3 Å². The van der Waals surface area contributed by atoms with Gasteiger partial charge in [0.2, 0.25) is 0 Å². The average Bonchev–Trinajstić information content (AvgIpc) is 2.29. The van der Waals surface area contributed by atoms with Gasteiger partial charge in [0.1, 0.15) is 5.75 Å². The van der Waals surface area contributed by atoms with E-state index in [1.54, 1.807) is 7.11 Å². The highest BCUT2D eigenvalue weighted by molar-refractivity contribution is 7.99. The number of nitrogens with one attached hydrogen (secondary N) is 1. The highest BCUT2D eigenvalue weighted by Gasteiger charge is 2.21. The van der Waals surface area contributed by atoms with Crippen molar-refractivity contribution in [3.05, 3.63) is 23.3 Å². The third kappa shape index (κ3) is 2.36. The molecule has 1 aromatic carbocycles. The van der Waals surface area contributed by atoms with E-state index in [1.165, 1.54) is 16.0 Å². The molecule has 1 aliphatic heterocycles. The Morgan fingerprint density at radius 2 is 2.31 bits per heavy atom. The number of rotatable bonds is 3. The van der Waals surface area contributed by atoms with E-state index in [1.807, 2.05) is 11.8 Å². The van der Waals surface area contributed by atoms with Crippen LogP contribution in [0.3, 0.4) is 0 Å². The zero-order chi connectivity index (χ0) is 11.5. The van der Waals surface area contributed by atoms with Crippen molar-refractivity contribution in [2.24, 2.45) is 0 Å². The molecule has 0 fully saturated rings. The zero-order valence-electron chi connectivity index (χ0n) is 10.2. The molecule has 0 radical (unpaired) electrons. The molecule has 88 valence electrons. The molecule has 0 saturated carbocycles. The van der Waals surface area contributed by atoms with Crippen molar-refractivity contribution in [1.29, 1.82) is 0 Å². The first-order valence-corrected chi connectivity index (χ1v) is 6.76. The van der Waals surface area contributed by atoms with Crippen LogP contribution < -0.4 is 10.1 Å². The molecular weight excluding hydrogens is 218 g/mol. The second-order valence-electron chi connectivity index (χ2n) is 4.21. The number of thioether (sulfide) groups is 1. The summed E-state index contributed by atoms with van der Waals surface area (Å²) in [7, 11) is 1.76. The lowest BCUT2D eigenvalue weighted by Gasteiger charge is -2.26. The van der Waals surface area contributed by atoms with Crippen molar-refractivity contribution in [3.63, 3.8) is 0 Å². The third-order valence-corrected chi connectivity index (χ3v) is 4.16. The molecule has 1 aliphatic rings. The summed E-state index contributed by atoms with van der Waals surface area (Å²) in [6.45, 7) is 5.32. The van der Waals surface area contributed by atoms with E-state index in [0.29, 0.717) is 6.04 Å². The molecule has 1 unspecified atom stereocenters. The number of hydrogen-bond acceptors (Lipinski definition) is 3. The summed E-state index contributed by atoms with van der Waals surface area (Å²) in [6, 6.07) is 4.98. The standard InChI is InChI=1S/C13H19NOS/c1-4-14-10-7-11-12(15-3)5-9(2)6-13(11)16-8-10/h5-6,10,14H,4,7-8H2,1-3H3. The number of aryl methyl sites for hydroxylation is 1. The number of methoxy groups -OCH3 is 1. The fourth-order valence-electron chi connectivity index (χ4n) is 2.18. The Balaban J connectivity index is 2.28. The van der Waals surface area contributed by atoms with E-state index in [9.17, 15) is 0 Å². The first kappa shape index (κ1) is 11.8. The van der Waals surface area contributed by atoms with E-state index in [4.69, 9.17) is 4.74 Å². The molecule has 0 aliphatic carbocycles. The van der Waals surface area contributed by atoms with E-state index in [0.717, 1.165) is 24.5 Å². The smallest absolute Gasteiger partial charge is 0.123 e. The van der Waals surface area contributed by atoms with Crippen molar-refractivity contribution in [2.45, 2.75) is 31.2 Å². The summed E-state index contributed by atoms with van der Waals surface area (Å²) >= 11 is 1.94. The lowest BCUT2D eigenvalue weighted by molar-refractivity contribution is 0.403. The van der Waals surface area contributed by atoms with E-state index >= 15 is 0 Å². The highest BCUT2D eigenvalue weighted by atomic mass is 32.2. The van der Waals surface area contributed by atoms with Gasteiger partial charge in [-0.2, -0.15) is 0 Å². The minimum absolute atomic E-state index is 0.583. The first-order valence-electron chi connectivity index (χ1n) is 5.78. The lowest BCUT2D eigenvalue weighted by atomic mass is 10.0. The van der Waals surface area contributed by atoms with Gasteiger partial charge in [0.25, 0.3) is 0 Å². The second kappa shape index (κ2) is 5.11. The molecule has 0 bridgehead atoms. The fraction of sp³-hybridized carbons (Fsp3) is 0.538. The number of benzene rings is 1. The maximum Gasteiger partial charge on any atom is 0.123 e. The molecule has 16 heavy (non-hydrogen) atoms. The van der Waals surface area contributed by atoms with Gasteiger partial charge in [-0.15, -0.1) is 11.8 Å². The van der Waals surface area contributed by atoms with Gasteiger partial charge >= 0.3 is 0 Å². The minimum atomic E-state index is 0.583. The van der Waals surface area contributed by atoms with Crippen LogP contribution in [0.1, 0.15) is 18.1 Å². The van der Waals surface area contributed by atoms with Gasteiger partial charge in [-0.25, -0.2) is 0 Å². The SMILES string of the molecule is CCNC1CSc2cc(C)cc(OC)c2C1. The van der Waals surface area contributed by atoms with Gasteiger partial charge in [0.05, 0.1) is 7.11 Å². The summed E-state index contributed by atoms with van der Waals surface area (Å²) in [6.07, 6.45) is 1.08. The van der Waals surface area contributed by atoms with Crippen LogP contribution in [0.4, 0.5) is 0 Å². The summed E-state index contributed by atoms with van der Waals surface area (Å²) < 4.78 is 5.48. The number of hydrogen-bond donors (Lipinski definition) is 1. The van der Waals surface area contributed by atoms with Gasteiger partial charge in [0.15, 0.2) is 0 Å². The normalized spacial score (nSPS) is 19.3. The molecule has 2 nitrogen and oxygen atoms in total. The van der Waals surface area contributed by atoms with Gasteiger partial charge in [0, 0.05) is 22.3 Å². The minimum Gasteiger partial charge on any atom is -0.496 e. The molecule has 1 N–H and O–H groups in total. The molecule has 0 spiro atoms. The summed E-state index contributed by atoms with van der Waals surface area (Å²) in [4.78, 5) is 1.39. The molecular formula is C13H19NOS. The first-order chi connectivity index (χ1) is 7.74. The van der Waals surface area contributed by atoms with E-state index in [2.05, 4.69) is 31.3 Å². The fourth-order valence-corrected chi connectivity index (χ4v) is 3.42.